The standard InChI is InChI=1S/C13H17NO4/c1-3-9(2)13(18,12(16)17)14-11(15)10-7-5-4-6-8-10/h4-9,18H,3H2,1-2H3,(H,14,15)(H,16,17)/t9-,13+/m0/s1. The first kappa shape index (κ1) is 14.2. The van der Waals surface area contributed by atoms with Crippen molar-refractivity contribution in [2.75, 3.05) is 0 Å². The van der Waals surface area contributed by atoms with E-state index in [1.807, 2.05) is 0 Å². The zero-order valence-corrected chi connectivity index (χ0v) is 10.4. The minimum absolute atomic E-state index is 0.306. The lowest BCUT2D eigenvalue weighted by Gasteiger charge is -2.30. The van der Waals surface area contributed by atoms with E-state index >= 15 is 0 Å². The summed E-state index contributed by atoms with van der Waals surface area (Å²) in [6.45, 7) is 3.31. The zero-order valence-electron chi connectivity index (χ0n) is 10.4. The van der Waals surface area contributed by atoms with Gasteiger partial charge in [-0.2, -0.15) is 0 Å². The van der Waals surface area contributed by atoms with Gasteiger partial charge in [0, 0.05) is 11.5 Å². The van der Waals surface area contributed by atoms with Crippen molar-refractivity contribution in [3.63, 3.8) is 0 Å². The highest BCUT2D eigenvalue weighted by Gasteiger charge is 2.42. The van der Waals surface area contributed by atoms with Gasteiger partial charge in [0.2, 0.25) is 5.72 Å². The number of aliphatic carboxylic acids is 1. The van der Waals surface area contributed by atoms with Crippen molar-refractivity contribution in [2.45, 2.75) is 26.0 Å². The van der Waals surface area contributed by atoms with Gasteiger partial charge in [0.1, 0.15) is 0 Å². The highest BCUT2D eigenvalue weighted by atomic mass is 16.4. The largest absolute Gasteiger partial charge is 0.478 e. The molecule has 2 atom stereocenters. The molecule has 98 valence electrons. The smallest absolute Gasteiger partial charge is 0.357 e. The van der Waals surface area contributed by atoms with Gasteiger partial charge < -0.3 is 15.5 Å². The molecule has 5 nitrogen and oxygen atoms in total. The topological polar surface area (TPSA) is 86.6 Å². The van der Waals surface area contributed by atoms with Crippen molar-refractivity contribution in [1.29, 1.82) is 0 Å². The molecule has 0 saturated carbocycles. The minimum Gasteiger partial charge on any atom is -0.478 e. The Morgan fingerprint density at radius 2 is 1.89 bits per heavy atom. The van der Waals surface area contributed by atoms with Crippen LogP contribution in [-0.4, -0.2) is 27.8 Å². The molecule has 0 bridgehead atoms. The Bertz CT molecular complexity index is 432. The van der Waals surface area contributed by atoms with E-state index < -0.39 is 23.5 Å². The number of carbonyl (C=O) groups is 2. The van der Waals surface area contributed by atoms with E-state index in [1.165, 1.54) is 0 Å². The molecule has 0 spiro atoms. The van der Waals surface area contributed by atoms with Crippen LogP contribution in [0.1, 0.15) is 30.6 Å². The summed E-state index contributed by atoms with van der Waals surface area (Å²) in [6.07, 6.45) is 0.428. The number of amides is 1. The average Bonchev–Trinajstić information content (AvgIpc) is 2.38. The summed E-state index contributed by atoms with van der Waals surface area (Å²) in [5, 5.41) is 21.3. The van der Waals surface area contributed by atoms with E-state index in [2.05, 4.69) is 5.32 Å². The molecule has 0 aliphatic carbocycles. The Labute approximate surface area is 105 Å². The summed E-state index contributed by atoms with van der Waals surface area (Å²) in [5.74, 6) is -2.66. The van der Waals surface area contributed by atoms with Crippen LogP contribution in [0, 0.1) is 5.92 Å². The van der Waals surface area contributed by atoms with Gasteiger partial charge >= 0.3 is 5.97 Å². The van der Waals surface area contributed by atoms with Crippen LogP contribution in [0.25, 0.3) is 0 Å². The Morgan fingerprint density at radius 3 is 2.33 bits per heavy atom. The Kier molecular flexibility index (Phi) is 4.44. The molecular formula is C13H17NO4. The molecule has 0 radical (unpaired) electrons. The number of aliphatic hydroxyl groups is 1. The van der Waals surface area contributed by atoms with Crippen LogP contribution < -0.4 is 5.32 Å². The summed E-state index contributed by atoms with van der Waals surface area (Å²) in [7, 11) is 0. The third-order valence-electron chi connectivity index (χ3n) is 2.99. The fraction of sp³-hybridized carbons (Fsp3) is 0.385. The molecule has 0 fully saturated rings. The number of carboxylic acids is 1. The van der Waals surface area contributed by atoms with E-state index in [1.54, 1.807) is 44.2 Å². The lowest BCUT2D eigenvalue weighted by Crippen LogP contribution is -2.58. The van der Waals surface area contributed by atoms with Crippen molar-refractivity contribution in [1.82, 2.24) is 5.32 Å². The van der Waals surface area contributed by atoms with Gasteiger partial charge in [-0.1, -0.05) is 32.0 Å². The van der Waals surface area contributed by atoms with Crippen molar-refractivity contribution in [3.05, 3.63) is 35.9 Å². The summed E-state index contributed by atoms with van der Waals surface area (Å²) in [4.78, 5) is 23.0. The fourth-order valence-electron chi connectivity index (χ4n) is 1.52. The predicted molar refractivity (Wildman–Crippen MR) is 65.9 cm³/mol. The first-order chi connectivity index (χ1) is 8.41. The number of hydrogen-bond acceptors (Lipinski definition) is 3. The maximum absolute atomic E-state index is 11.9. The summed E-state index contributed by atoms with van der Waals surface area (Å²) in [5.41, 5.74) is -1.94. The van der Waals surface area contributed by atoms with Gasteiger partial charge in [-0.25, -0.2) is 4.79 Å². The average molecular weight is 251 g/mol. The number of carboxylic acid groups (broad SMARTS) is 1. The molecule has 0 aliphatic heterocycles. The van der Waals surface area contributed by atoms with Crippen LogP contribution >= 0.6 is 0 Å². The SMILES string of the molecule is CC[C@H](C)[C@](O)(NC(=O)c1ccccc1)C(=O)O. The molecule has 0 unspecified atom stereocenters. The Balaban J connectivity index is 2.92. The molecule has 0 saturated heterocycles. The molecular weight excluding hydrogens is 234 g/mol. The first-order valence-electron chi connectivity index (χ1n) is 5.75. The first-order valence-corrected chi connectivity index (χ1v) is 5.75. The monoisotopic (exact) mass is 251 g/mol. The highest BCUT2D eigenvalue weighted by molar-refractivity contribution is 5.97. The van der Waals surface area contributed by atoms with Gasteiger partial charge in [0.05, 0.1) is 0 Å². The molecule has 1 aromatic carbocycles. The molecule has 5 heteroatoms. The summed E-state index contributed by atoms with van der Waals surface area (Å²) in [6, 6.07) is 8.17. The van der Waals surface area contributed by atoms with Crippen molar-refractivity contribution in [3.8, 4) is 0 Å². The van der Waals surface area contributed by atoms with Gasteiger partial charge in [0.15, 0.2) is 0 Å². The normalized spacial score (nSPS) is 15.5. The third-order valence-corrected chi connectivity index (χ3v) is 2.99. The van der Waals surface area contributed by atoms with Crippen molar-refractivity contribution in [2.24, 2.45) is 5.92 Å². The Hall–Kier alpha value is -1.88. The fourth-order valence-corrected chi connectivity index (χ4v) is 1.52. The molecule has 1 aromatic rings. The van der Waals surface area contributed by atoms with Crippen LogP contribution in [0.15, 0.2) is 30.3 Å². The van der Waals surface area contributed by atoms with Gasteiger partial charge in [-0.3, -0.25) is 4.79 Å². The number of benzene rings is 1. The van der Waals surface area contributed by atoms with Crippen LogP contribution in [0.4, 0.5) is 0 Å². The number of carbonyl (C=O) groups excluding carboxylic acids is 1. The highest BCUT2D eigenvalue weighted by Crippen LogP contribution is 2.18. The maximum Gasteiger partial charge on any atom is 0.357 e. The molecule has 0 aliphatic rings. The van der Waals surface area contributed by atoms with E-state index in [0.717, 1.165) is 0 Å². The summed E-state index contributed by atoms with van der Waals surface area (Å²) >= 11 is 0. The second-order valence-electron chi connectivity index (χ2n) is 4.20. The number of nitrogens with one attached hydrogen (secondary N) is 1. The van der Waals surface area contributed by atoms with Crippen molar-refractivity contribution < 1.29 is 19.8 Å². The Morgan fingerprint density at radius 1 is 1.33 bits per heavy atom. The lowest BCUT2D eigenvalue weighted by molar-refractivity contribution is -0.167. The third kappa shape index (κ3) is 2.87. The van der Waals surface area contributed by atoms with Crippen LogP contribution in [0.5, 0.6) is 0 Å². The molecule has 18 heavy (non-hydrogen) atoms. The van der Waals surface area contributed by atoms with Crippen molar-refractivity contribution >= 4 is 11.9 Å². The molecule has 0 heterocycles. The number of hydrogen-bond donors (Lipinski definition) is 3. The zero-order chi connectivity index (χ0) is 13.8. The quantitative estimate of drug-likeness (QED) is 0.687. The second kappa shape index (κ2) is 5.64. The van der Waals surface area contributed by atoms with Gasteiger partial charge in [-0.15, -0.1) is 0 Å². The maximum atomic E-state index is 11.9. The van der Waals surface area contributed by atoms with E-state index in [0.29, 0.717) is 12.0 Å². The second-order valence-corrected chi connectivity index (χ2v) is 4.20. The minimum atomic E-state index is -2.25. The molecule has 0 aromatic heterocycles. The number of rotatable bonds is 5. The molecule has 1 rings (SSSR count). The van der Waals surface area contributed by atoms with E-state index in [9.17, 15) is 14.7 Å². The van der Waals surface area contributed by atoms with Crippen LogP contribution in [-0.2, 0) is 4.79 Å². The van der Waals surface area contributed by atoms with Crippen LogP contribution in [0.3, 0.4) is 0 Å². The van der Waals surface area contributed by atoms with Crippen LogP contribution in [0.2, 0.25) is 0 Å². The predicted octanol–water partition coefficient (Wildman–Crippen LogP) is 1.24. The van der Waals surface area contributed by atoms with Gasteiger partial charge in [-0.05, 0) is 18.6 Å². The summed E-state index contributed by atoms with van der Waals surface area (Å²) < 4.78 is 0. The van der Waals surface area contributed by atoms with E-state index in [-0.39, 0.29) is 0 Å². The molecule has 1 amide bonds. The van der Waals surface area contributed by atoms with Gasteiger partial charge in [0.25, 0.3) is 5.91 Å². The lowest BCUT2D eigenvalue weighted by atomic mass is 9.94. The van der Waals surface area contributed by atoms with E-state index in [4.69, 9.17) is 5.11 Å². The molecule has 3 N–H and O–H groups in total.